The Morgan fingerprint density at radius 2 is 2.05 bits per heavy atom. The molecule has 0 fully saturated rings. The van der Waals surface area contributed by atoms with E-state index < -0.39 is 11.8 Å². The lowest BCUT2D eigenvalue weighted by atomic mass is 10.2. The van der Waals surface area contributed by atoms with E-state index in [1.54, 1.807) is 14.1 Å². The molecule has 0 aliphatic carbocycles. The lowest BCUT2D eigenvalue weighted by Crippen LogP contribution is -2.21. The number of carbonyl (C=O) groups is 2. The van der Waals surface area contributed by atoms with E-state index in [0.29, 0.717) is 12.8 Å². The first-order chi connectivity index (χ1) is 8.91. The zero-order valence-electron chi connectivity index (χ0n) is 11.0. The second-order valence-corrected chi connectivity index (χ2v) is 4.26. The van der Waals surface area contributed by atoms with E-state index in [9.17, 15) is 14.0 Å². The Hall–Kier alpha value is -2.11. The number of halogens is 1. The lowest BCUT2D eigenvalue weighted by Gasteiger charge is -2.10. The Labute approximate surface area is 111 Å². The first-order valence-corrected chi connectivity index (χ1v) is 5.84. The summed E-state index contributed by atoms with van der Waals surface area (Å²) in [7, 11) is 3.32. The fourth-order valence-electron chi connectivity index (χ4n) is 1.37. The molecule has 0 saturated carbocycles. The molecule has 0 radical (unpaired) electrons. The smallest absolute Gasteiger partial charge is 0.338 e. The normalized spacial score (nSPS) is 10.1. The van der Waals surface area contributed by atoms with Gasteiger partial charge in [-0.05, 0) is 24.6 Å². The molecule has 5 nitrogen and oxygen atoms in total. The zero-order valence-corrected chi connectivity index (χ0v) is 11.0. The average molecular weight is 268 g/mol. The first-order valence-electron chi connectivity index (χ1n) is 5.84. The van der Waals surface area contributed by atoms with Crippen molar-refractivity contribution in [2.45, 2.75) is 12.8 Å². The first kappa shape index (κ1) is 14.9. The van der Waals surface area contributed by atoms with Gasteiger partial charge in [-0.1, -0.05) is 0 Å². The summed E-state index contributed by atoms with van der Waals surface area (Å²) in [6, 6.07) is 3.64. The molecule has 0 saturated heterocycles. The summed E-state index contributed by atoms with van der Waals surface area (Å²) in [6.45, 7) is 0.135. The quantitative estimate of drug-likeness (QED) is 0.498. The molecule has 1 amide bonds. The van der Waals surface area contributed by atoms with Crippen molar-refractivity contribution in [3.63, 3.8) is 0 Å². The van der Waals surface area contributed by atoms with Crippen LogP contribution in [0.25, 0.3) is 0 Å². The molecule has 0 spiro atoms. The number of ether oxygens (including phenoxy) is 1. The van der Waals surface area contributed by atoms with Gasteiger partial charge in [-0.3, -0.25) is 4.79 Å². The van der Waals surface area contributed by atoms with Gasteiger partial charge in [0.1, 0.15) is 5.82 Å². The van der Waals surface area contributed by atoms with Gasteiger partial charge in [0.25, 0.3) is 0 Å². The second-order valence-electron chi connectivity index (χ2n) is 4.26. The van der Waals surface area contributed by atoms with Crippen LogP contribution in [0.1, 0.15) is 23.2 Å². The van der Waals surface area contributed by atoms with Crippen molar-refractivity contribution in [3.8, 4) is 0 Å². The van der Waals surface area contributed by atoms with Crippen LogP contribution in [-0.4, -0.2) is 37.5 Å². The molecule has 6 heteroatoms. The minimum Gasteiger partial charge on any atom is -0.462 e. The van der Waals surface area contributed by atoms with E-state index in [1.165, 1.54) is 17.0 Å². The monoisotopic (exact) mass is 268 g/mol. The number of hydrogen-bond acceptors (Lipinski definition) is 4. The van der Waals surface area contributed by atoms with Crippen LogP contribution in [0.4, 0.5) is 10.1 Å². The molecule has 104 valence electrons. The third-order valence-electron chi connectivity index (χ3n) is 2.50. The molecule has 0 aliphatic rings. The maximum absolute atomic E-state index is 12.9. The Bertz CT molecular complexity index is 475. The molecule has 0 bridgehead atoms. The second kappa shape index (κ2) is 6.72. The summed E-state index contributed by atoms with van der Waals surface area (Å²) in [5, 5.41) is 0. The number of rotatable bonds is 5. The summed E-state index contributed by atoms with van der Waals surface area (Å²) < 4.78 is 17.9. The Kier molecular flexibility index (Phi) is 5.29. The lowest BCUT2D eigenvalue weighted by molar-refractivity contribution is -0.128. The van der Waals surface area contributed by atoms with Crippen LogP contribution in [0, 0.1) is 5.82 Å². The van der Waals surface area contributed by atoms with Gasteiger partial charge in [0.15, 0.2) is 0 Å². The van der Waals surface area contributed by atoms with E-state index in [1.807, 2.05) is 0 Å². The molecule has 1 rings (SSSR count). The minimum atomic E-state index is -0.580. The van der Waals surface area contributed by atoms with Crippen molar-refractivity contribution in [1.29, 1.82) is 0 Å². The molecule has 2 N–H and O–H groups in total. The summed E-state index contributed by atoms with van der Waals surface area (Å²) in [4.78, 5) is 24.3. The minimum absolute atomic E-state index is 0.0259. The number of hydrogen-bond donors (Lipinski definition) is 1. The molecular formula is C13H17FN2O3. The summed E-state index contributed by atoms with van der Waals surface area (Å²) >= 11 is 0. The van der Waals surface area contributed by atoms with Crippen molar-refractivity contribution in [3.05, 3.63) is 29.6 Å². The Balaban J connectivity index is 2.39. The number of benzene rings is 1. The summed E-state index contributed by atoms with van der Waals surface area (Å²) in [5.74, 6) is -1.18. The maximum atomic E-state index is 12.9. The van der Waals surface area contributed by atoms with Gasteiger partial charge in [0.05, 0.1) is 17.9 Å². The largest absolute Gasteiger partial charge is 0.462 e. The molecule has 0 aromatic heterocycles. The number of carbonyl (C=O) groups excluding carboxylic acids is 2. The average Bonchev–Trinajstić information content (AvgIpc) is 2.37. The van der Waals surface area contributed by atoms with Crippen LogP contribution in [0.2, 0.25) is 0 Å². The third-order valence-corrected chi connectivity index (χ3v) is 2.50. The van der Waals surface area contributed by atoms with E-state index in [0.717, 1.165) is 6.07 Å². The highest BCUT2D eigenvalue weighted by Crippen LogP contribution is 2.13. The molecular weight excluding hydrogens is 251 g/mol. The van der Waals surface area contributed by atoms with Crippen molar-refractivity contribution >= 4 is 17.6 Å². The van der Waals surface area contributed by atoms with E-state index >= 15 is 0 Å². The van der Waals surface area contributed by atoms with E-state index in [4.69, 9.17) is 10.5 Å². The molecule has 19 heavy (non-hydrogen) atoms. The van der Waals surface area contributed by atoms with Gasteiger partial charge >= 0.3 is 5.97 Å². The molecule has 0 atom stereocenters. The molecule has 1 aromatic rings. The van der Waals surface area contributed by atoms with Gasteiger partial charge in [-0.15, -0.1) is 0 Å². The van der Waals surface area contributed by atoms with Gasteiger partial charge in [0, 0.05) is 20.5 Å². The third kappa shape index (κ3) is 4.57. The predicted molar refractivity (Wildman–Crippen MR) is 69.0 cm³/mol. The van der Waals surface area contributed by atoms with Crippen LogP contribution in [-0.2, 0) is 9.53 Å². The van der Waals surface area contributed by atoms with Crippen LogP contribution < -0.4 is 5.73 Å². The number of esters is 1. The van der Waals surface area contributed by atoms with Crippen molar-refractivity contribution in [2.24, 2.45) is 0 Å². The number of nitrogens with two attached hydrogens (primary N) is 1. The van der Waals surface area contributed by atoms with E-state index in [2.05, 4.69) is 0 Å². The van der Waals surface area contributed by atoms with Crippen LogP contribution >= 0.6 is 0 Å². The Morgan fingerprint density at radius 3 is 2.63 bits per heavy atom. The fourth-order valence-corrected chi connectivity index (χ4v) is 1.37. The summed E-state index contributed by atoms with van der Waals surface area (Å²) in [5.41, 5.74) is 5.45. The van der Waals surface area contributed by atoms with Crippen LogP contribution in [0.5, 0.6) is 0 Å². The van der Waals surface area contributed by atoms with Gasteiger partial charge < -0.3 is 15.4 Å². The van der Waals surface area contributed by atoms with E-state index in [-0.39, 0.29) is 23.8 Å². The van der Waals surface area contributed by atoms with Crippen molar-refractivity contribution < 1.29 is 18.7 Å². The number of nitrogen functional groups attached to an aromatic ring is 1. The molecule has 0 heterocycles. The standard InChI is InChI=1S/C13H17FN2O3/c1-16(2)12(17)4-3-7-19-13(18)9-5-6-10(14)11(15)8-9/h5-6,8H,3-4,7,15H2,1-2H3. The molecule has 0 unspecified atom stereocenters. The van der Waals surface area contributed by atoms with Gasteiger partial charge in [0.2, 0.25) is 5.91 Å². The zero-order chi connectivity index (χ0) is 14.4. The predicted octanol–water partition coefficient (Wildman–Crippen LogP) is 1.43. The highest BCUT2D eigenvalue weighted by Gasteiger charge is 2.10. The maximum Gasteiger partial charge on any atom is 0.338 e. The topological polar surface area (TPSA) is 72.6 Å². The van der Waals surface area contributed by atoms with Gasteiger partial charge in [-0.25, -0.2) is 9.18 Å². The molecule has 0 aliphatic heterocycles. The Morgan fingerprint density at radius 1 is 1.37 bits per heavy atom. The number of amides is 1. The van der Waals surface area contributed by atoms with Crippen molar-refractivity contribution in [1.82, 2.24) is 4.90 Å². The molecule has 1 aromatic carbocycles. The van der Waals surface area contributed by atoms with Gasteiger partial charge in [-0.2, -0.15) is 0 Å². The SMILES string of the molecule is CN(C)C(=O)CCCOC(=O)c1ccc(F)c(N)c1. The van der Waals surface area contributed by atoms with Crippen LogP contribution in [0.15, 0.2) is 18.2 Å². The number of anilines is 1. The summed E-state index contributed by atoms with van der Waals surface area (Å²) in [6.07, 6.45) is 0.755. The fraction of sp³-hybridized carbons (Fsp3) is 0.385. The highest BCUT2D eigenvalue weighted by atomic mass is 19.1. The van der Waals surface area contributed by atoms with Crippen molar-refractivity contribution in [2.75, 3.05) is 26.4 Å². The van der Waals surface area contributed by atoms with Crippen LogP contribution in [0.3, 0.4) is 0 Å². The highest BCUT2D eigenvalue weighted by molar-refractivity contribution is 5.90. The number of nitrogens with zero attached hydrogens (tertiary/aromatic N) is 1.